The summed E-state index contributed by atoms with van der Waals surface area (Å²) in [5, 5.41) is 9.72. The minimum Gasteiger partial charge on any atom is -0.462 e. The summed E-state index contributed by atoms with van der Waals surface area (Å²) in [7, 11) is 0. The molecule has 0 spiro atoms. The van der Waals surface area contributed by atoms with E-state index in [1.54, 1.807) is 0 Å². The second-order valence-corrected chi connectivity index (χ2v) is 26.1. The first-order chi connectivity index (χ1) is 44.1. The molecule has 1 unspecified atom stereocenters. The van der Waals surface area contributed by atoms with E-state index < -0.39 is 6.10 Å². The van der Waals surface area contributed by atoms with E-state index in [0.717, 1.165) is 96.3 Å². The highest BCUT2D eigenvalue weighted by atomic mass is 16.6. The highest BCUT2D eigenvalue weighted by Crippen LogP contribution is 2.19. The molecule has 0 aliphatic rings. The van der Waals surface area contributed by atoms with E-state index in [-0.39, 0.29) is 25.2 Å². The number of aliphatic hydroxyl groups excluding tert-OH is 1. The molecule has 1 atom stereocenters. The molecular weight excluding hydrogens is 1090 g/mol. The topological polar surface area (TPSA) is 72.8 Å². The normalized spacial score (nSPS) is 12.8. The lowest BCUT2D eigenvalue weighted by Gasteiger charge is -2.15. The van der Waals surface area contributed by atoms with Gasteiger partial charge in [-0.1, -0.05) is 406 Å². The van der Waals surface area contributed by atoms with Crippen LogP contribution in [0.2, 0.25) is 0 Å². The molecule has 514 valence electrons. The number of rotatable bonds is 72. The number of carbonyl (C=O) groups excluding carboxylic acids is 2. The van der Waals surface area contributed by atoms with Crippen molar-refractivity contribution in [1.29, 1.82) is 0 Å². The Kier molecular flexibility index (Phi) is 75.8. The zero-order valence-corrected chi connectivity index (χ0v) is 59.2. The van der Waals surface area contributed by atoms with Crippen LogP contribution in [0.4, 0.5) is 0 Å². The van der Waals surface area contributed by atoms with Crippen LogP contribution in [0.15, 0.2) is 109 Å². The molecule has 0 heterocycles. The maximum Gasteiger partial charge on any atom is 0.306 e. The fourth-order valence-corrected chi connectivity index (χ4v) is 11.6. The molecule has 0 aliphatic heterocycles. The van der Waals surface area contributed by atoms with Gasteiger partial charge >= 0.3 is 11.9 Å². The predicted molar refractivity (Wildman–Crippen MR) is 394 cm³/mol. The second-order valence-electron chi connectivity index (χ2n) is 26.1. The van der Waals surface area contributed by atoms with Crippen molar-refractivity contribution in [1.82, 2.24) is 0 Å². The smallest absolute Gasteiger partial charge is 0.306 e. The first kappa shape index (κ1) is 85.6. The van der Waals surface area contributed by atoms with E-state index >= 15 is 0 Å². The van der Waals surface area contributed by atoms with Gasteiger partial charge in [-0.2, -0.15) is 0 Å². The molecule has 0 fully saturated rings. The first-order valence-electron chi connectivity index (χ1n) is 38.9. The van der Waals surface area contributed by atoms with Crippen LogP contribution in [0.5, 0.6) is 0 Å². The largest absolute Gasteiger partial charge is 0.462 e. The number of hydrogen-bond donors (Lipinski definition) is 1. The minimum absolute atomic E-state index is 0.0653. The quantitative estimate of drug-likeness (QED) is 0.0373. The Bertz CT molecular complexity index is 1690. The van der Waals surface area contributed by atoms with Gasteiger partial charge in [0.1, 0.15) is 6.61 Å². The number of esters is 2. The van der Waals surface area contributed by atoms with Gasteiger partial charge in [-0.3, -0.25) is 9.59 Å². The maximum absolute atomic E-state index is 12.4. The summed E-state index contributed by atoms with van der Waals surface area (Å²) in [6.45, 7) is 4.08. The molecule has 0 aromatic carbocycles. The van der Waals surface area contributed by atoms with Crippen LogP contribution in [-0.2, 0) is 19.1 Å². The molecule has 89 heavy (non-hydrogen) atoms. The molecule has 0 bridgehead atoms. The average Bonchev–Trinajstić information content (AvgIpc) is 3.55. The summed E-state index contributed by atoms with van der Waals surface area (Å²) >= 11 is 0. The molecule has 0 saturated heterocycles. The van der Waals surface area contributed by atoms with Gasteiger partial charge < -0.3 is 14.6 Å². The molecular formula is C84H148O5. The number of aliphatic hydroxyl groups is 1. The van der Waals surface area contributed by atoms with Crippen molar-refractivity contribution < 1.29 is 24.2 Å². The molecule has 0 radical (unpaired) electrons. The Morgan fingerprint density at radius 1 is 0.270 bits per heavy atom. The molecule has 0 saturated carbocycles. The third-order valence-corrected chi connectivity index (χ3v) is 17.3. The van der Waals surface area contributed by atoms with Crippen molar-refractivity contribution in [3.8, 4) is 0 Å². The summed E-state index contributed by atoms with van der Waals surface area (Å²) < 4.78 is 10.8. The van der Waals surface area contributed by atoms with Crippen molar-refractivity contribution in [2.45, 2.75) is 399 Å². The van der Waals surface area contributed by atoms with Gasteiger partial charge in [0.2, 0.25) is 0 Å². The number of carbonyl (C=O) groups is 2. The van der Waals surface area contributed by atoms with E-state index in [9.17, 15) is 14.7 Å². The van der Waals surface area contributed by atoms with Crippen molar-refractivity contribution >= 4 is 11.9 Å². The van der Waals surface area contributed by atoms with Gasteiger partial charge in [0.15, 0.2) is 6.10 Å². The van der Waals surface area contributed by atoms with Crippen LogP contribution in [0.25, 0.3) is 0 Å². The fourth-order valence-electron chi connectivity index (χ4n) is 11.6. The minimum atomic E-state index is -0.778. The summed E-state index contributed by atoms with van der Waals surface area (Å²) in [6.07, 6.45) is 114. The Balaban J connectivity index is 3.45. The Morgan fingerprint density at radius 3 is 0.730 bits per heavy atom. The van der Waals surface area contributed by atoms with Crippen molar-refractivity contribution in [2.24, 2.45) is 0 Å². The third-order valence-electron chi connectivity index (χ3n) is 17.3. The van der Waals surface area contributed by atoms with Gasteiger partial charge in [0.25, 0.3) is 0 Å². The number of unbranched alkanes of at least 4 members (excludes halogenated alkanes) is 46. The van der Waals surface area contributed by atoms with Crippen molar-refractivity contribution in [2.75, 3.05) is 13.2 Å². The standard InChI is InChI=1S/C84H148O5/c1-3-5-7-9-11-13-15-17-19-21-23-25-27-29-31-33-35-37-39-40-41-42-43-44-45-47-49-51-53-55-57-59-61-63-65-67-69-71-73-75-77-79-84(87)89-82(80-85)81-88-83(86)78-76-74-72-70-68-66-64-62-60-58-56-54-52-50-48-46-38-36-34-32-30-28-26-24-22-20-18-16-14-12-10-8-6-4-2/h5,7,11,13,17,19,23,25,29,31,35,37,40-41,43-44,47,49,82,85H,3-4,6,8-10,12,14-16,18,20-22,24,26-28,30,32-34,36,38-39,42,45-46,48,50-81H2,1-2H3/b7-5-,13-11-,19-17-,25-23-,31-29-,37-35-,41-40-,44-43-,49-47-. The summed E-state index contributed by atoms with van der Waals surface area (Å²) in [4.78, 5) is 24.7. The zero-order valence-electron chi connectivity index (χ0n) is 59.2. The average molecular weight is 1240 g/mol. The van der Waals surface area contributed by atoms with E-state index in [1.165, 1.54) is 270 Å². The van der Waals surface area contributed by atoms with E-state index in [0.29, 0.717) is 12.8 Å². The Hall–Kier alpha value is -3.44. The Labute approximate surface area is 554 Å². The zero-order chi connectivity index (χ0) is 64.0. The van der Waals surface area contributed by atoms with E-state index in [1.807, 2.05) is 0 Å². The van der Waals surface area contributed by atoms with Gasteiger partial charge in [0.05, 0.1) is 6.61 Å². The van der Waals surface area contributed by atoms with Crippen molar-refractivity contribution in [3.63, 3.8) is 0 Å². The van der Waals surface area contributed by atoms with Crippen LogP contribution < -0.4 is 0 Å². The highest BCUT2D eigenvalue weighted by molar-refractivity contribution is 5.70. The lowest BCUT2D eigenvalue weighted by atomic mass is 10.0. The number of ether oxygens (including phenoxy) is 2. The van der Waals surface area contributed by atoms with Crippen LogP contribution in [0.3, 0.4) is 0 Å². The molecule has 1 N–H and O–H groups in total. The van der Waals surface area contributed by atoms with Crippen LogP contribution in [-0.4, -0.2) is 36.4 Å². The van der Waals surface area contributed by atoms with Crippen LogP contribution in [0, 0.1) is 0 Å². The molecule has 5 heteroatoms. The van der Waals surface area contributed by atoms with Gasteiger partial charge in [-0.25, -0.2) is 0 Å². The number of allylic oxidation sites excluding steroid dienone is 18. The monoisotopic (exact) mass is 1240 g/mol. The van der Waals surface area contributed by atoms with Gasteiger partial charge in [0, 0.05) is 12.8 Å². The van der Waals surface area contributed by atoms with Crippen LogP contribution >= 0.6 is 0 Å². The fraction of sp³-hybridized carbons (Fsp3) is 0.762. The summed E-state index contributed by atoms with van der Waals surface area (Å²) in [6, 6.07) is 0. The third kappa shape index (κ3) is 76.9. The molecule has 0 aromatic heterocycles. The Morgan fingerprint density at radius 2 is 0.483 bits per heavy atom. The van der Waals surface area contributed by atoms with E-state index in [4.69, 9.17) is 9.47 Å². The van der Waals surface area contributed by atoms with Crippen LogP contribution in [0.1, 0.15) is 393 Å². The van der Waals surface area contributed by atoms with E-state index in [2.05, 4.69) is 123 Å². The van der Waals surface area contributed by atoms with Gasteiger partial charge in [-0.15, -0.1) is 0 Å². The van der Waals surface area contributed by atoms with Gasteiger partial charge in [-0.05, 0) is 83.5 Å². The molecule has 0 amide bonds. The molecule has 0 rings (SSSR count). The maximum atomic E-state index is 12.4. The SMILES string of the molecule is CC/C=C\C/C=C\C/C=C\C/C=C\C/C=C\C/C=C\C/C=C\C/C=C\C/C=C\CCCCCCCCCCCCCCCC(=O)OC(CO)COC(=O)CCCCCCCCCCCCCCCCCCCCCCCCCCCCCCCCCCCC. The molecule has 5 nitrogen and oxygen atoms in total. The lowest BCUT2D eigenvalue weighted by Crippen LogP contribution is -2.28. The highest BCUT2D eigenvalue weighted by Gasteiger charge is 2.16. The second kappa shape index (κ2) is 78.8. The number of hydrogen-bond acceptors (Lipinski definition) is 5. The lowest BCUT2D eigenvalue weighted by molar-refractivity contribution is -0.161. The van der Waals surface area contributed by atoms with Crippen molar-refractivity contribution in [3.05, 3.63) is 109 Å². The first-order valence-corrected chi connectivity index (χ1v) is 38.9. The molecule has 0 aliphatic carbocycles. The summed E-state index contributed by atoms with van der Waals surface area (Å²) in [5.41, 5.74) is 0. The predicted octanol–water partition coefficient (Wildman–Crippen LogP) is 27.5. The molecule has 0 aromatic rings. The summed E-state index contributed by atoms with van der Waals surface area (Å²) in [5.74, 6) is -0.577.